The molecule has 0 aliphatic rings. The van der Waals surface area contributed by atoms with E-state index in [2.05, 4.69) is 10.3 Å². The van der Waals surface area contributed by atoms with Gasteiger partial charge in [-0.05, 0) is 30.3 Å². The lowest BCUT2D eigenvalue weighted by Crippen LogP contribution is -2.20. The number of aromatic nitrogens is 2. The summed E-state index contributed by atoms with van der Waals surface area (Å²) in [6, 6.07) is 15.6. The van der Waals surface area contributed by atoms with Crippen LogP contribution in [0.2, 0.25) is 0 Å². The van der Waals surface area contributed by atoms with Crippen molar-refractivity contribution in [3.63, 3.8) is 0 Å². The molecule has 3 heterocycles. The normalized spacial score (nSPS) is 11.1. The number of nitrogens with zero attached hydrogens (tertiary/aromatic N) is 2. The number of fused-ring (bicyclic) bond motifs is 2. The number of imidazole rings is 1. The second-order valence-electron chi connectivity index (χ2n) is 6.59. The van der Waals surface area contributed by atoms with Gasteiger partial charge in [-0.2, -0.15) is 0 Å². The van der Waals surface area contributed by atoms with E-state index in [1.54, 1.807) is 35.6 Å². The lowest BCUT2D eigenvalue weighted by Gasteiger charge is -2.08. The molecule has 1 amide bonds. The summed E-state index contributed by atoms with van der Waals surface area (Å²) in [6.45, 7) is -0.165. The van der Waals surface area contributed by atoms with Crippen molar-refractivity contribution < 1.29 is 13.9 Å². The van der Waals surface area contributed by atoms with Crippen LogP contribution in [-0.4, -0.2) is 21.9 Å². The van der Waals surface area contributed by atoms with Gasteiger partial charge in [0.05, 0.1) is 5.69 Å². The zero-order chi connectivity index (χ0) is 20.5. The number of anilines is 1. The molecule has 0 saturated carbocycles. The predicted molar refractivity (Wildman–Crippen MR) is 115 cm³/mol. The Hall–Kier alpha value is -3.91. The third kappa shape index (κ3) is 3.68. The van der Waals surface area contributed by atoms with Crippen molar-refractivity contribution in [1.29, 1.82) is 0 Å². The average molecular weight is 417 g/mol. The molecule has 0 fully saturated rings. The molecule has 8 heteroatoms. The molecule has 3 aromatic heterocycles. The Labute approximate surface area is 174 Å². The highest BCUT2D eigenvalue weighted by Gasteiger charge is 2.08. The number of carbonyl (C=O) groups is 1. The number of hydrogen-bond donors (Lipinski definition) is 1. The second kappa shape index (κ2) is 7.49. The van der Waals surface area contributed by atoms with Crippen molar-refractivity contribution >= 4 is 38.9 Å². The molecule has 7 nitrogen and oxygen atoms in total. The van der Waals surface area contributed by atoms with E-state index < -0.39 is 5.63 Å². The van der Waals surface area contributed by atoms with E-state index in [1.165, 1.54) is 6.07 Å². The monoisotopic (exact) mass is 417 g/mol. The lowest BCUT2D eigenvalue weighted by atomic mass is 10.1. The third-order valence-corrected chi connectivity index (χ3v) is 5.29. The summed E-state index contributed by atoms with van der Waals surface area (Å²) in [7, 11) is 0. The summed E-state index contributed by atoms with van der Waals surface area (Å²) >= 11 is 1.58. The fourth-order valence-electron chi connectivity index (χ4n) is 3.07. The van der Waals surface area contributed by atoms with Gasteiger partial charge in [-0.3, -0.25) is 9.20 Å². The third-order valence-electron chi connectivity index (χ3n) is 4.52. The molecule has 0 saturated heterocycles. The average Bonchev–Trinajstić information content (AvgIpc) is 3.35. The zero-order valence-electron chi connectivity index (χ0n) is 15.6. The van der Waals surface area contributed by atoms with Crippen molar-refractivity contribution in [2.75, 3.05) is 11.9 Å². The largest absolute Gasteiger partial charge is 0.484 e. The van der Waals surface area contributed by atoms with E-state index >= 15 is 0 Å². The molecule has 0 spiro atoms. The highest BCUT2D eigenvalue weighted by molar-refractivity contribution is 7.15. The number of carbonyl (C=O) groups excluding carboxylic acids is 1. The Kier molecular flexibility index (Phi) is 4.53. The Morgan fingerprint density at radius 3 is 2.80 bits per heavy atom. The molecule has 2 aromatic carbocycles. The van der Waals surface area contributed by atoms with Gasteiger partial charge in [0, 0.05) is 46.5 Å². The quantitative estimate of drug-likeness (QED) is 0.434. The molecule has 1 N–H and O–H groups in total. The van der Waals surface area contributed by atoms with Crippen LogP contribution < -0.4 is 15.7 Å². The maximum atomic E-state index is 12.2. The van der Waals surface area contributed by atoms with Gasteiger partial charge in [0.2, 0.25) is 0 Å². The molecule has 5 aromatic rings. The molecule has 5 rings (SSSR count). The van der Waals surface area contributed by atoms with Gasteiger partial charge in [-0.15, -0.1) is 11.3 Å². The second-order valence-corrected chi connectivity index (χ2v) is 7.46. The Bertz CT molecular complexity index is 1390. The molecule has 0 unspecified atom stereocenters. The summed E-state index contributed by atoms with van der Waals surface area (Å²) in [6.07, 6.45) is 3.94. The number of nitrogens with one attached hydrogen (secondary N) is 1. The van der Waals surface area contributed by atoms with Crippen LogP contribution in [0.25, 0.3) is 27.2 Å². The summed E-state index contributed by atoms with van der Waals surface area (Å²) in [5, 5.41) is 5.57. The van der Waals surface area contributed by atoms with Crippen LogP contribution in [0.4, 0.5) is 5.69 Å². The predicted octanol–water partition coefficient (Wildman–Crippen LogP) is 4.19. The topological polar surface area (TPSA) is 85.8 Å². The number of hydrogen-bond acceptors (Lipinski definition) is 6. The molecule has 0 bridgehead atoms. The molecule has 148 valence electrons. The van der Waals surface area contributed by atoms with Gasteiger partial charge in [0.1, 0.15) is 11.3 Å². The summed E-state index contributed by atoms with van der Waals surface area (Å²) in [4.78, 5) is 29.1. The van der Waals surface area contributed by atoms with Gasteiger partial charge in [0.15, 0.2) is 11.6 Å². The summed E-state index contributed by atoms with van der Waals surface area (Å²) in [5.41, 5.74) is 2.49. The van der Waals surface area contributed by atoms with E-state index in [0.29, 0.717) is 17.0 Å². The summed E-state index contributed by atoms with van der Waals surface area (Å²) < 4.78 is 12.6. The maximum Gasteiger partial charge on any atom is 0.336 e. The molecule has 0 atom stereocenters. The van der Waals surface area contributed by atoms with Gasteiger partial charge >= 0.3 is 5.63 Å². The van der Waals surface area contributed by atoms with Gasteiger partial charge in [-0.25, -0.2) is 9.78 Å². The minimum absolute atomic E-state index is 0.165. The highest BCUT2D eigenvalue weighted by Crippen LogP contribution is 2.23. The maximum absolute atomic E-state index is 12.2. The van der Waals surface area contributed by atoms with Crippen molar-refractivity contribution in [3.8, 4) is 17.0 Å². The van der Waals surface area contributed by atoms with Crippen LogP contribution >= 0.6 is 11.3 Å². The van der Waals surface area contributed by atoms with E-state index in [1.807, 2.05) is 46.4 Å². The minimum atomic E-state index is -0.434. The van der Waals surface area contributed by atoms with Crippen LogP contribution in [0.5, 0.6) is 5.75 Å². The first kappa shape index (κ1) is 18.1. The molecule has 0 aliphatic heterocycles. The highest BCUT2D eigenvalue weighted by atomic mass is 32.1. The Morgan fingerprint density at radius 1 is 1.13 bits per heavy atom. The van der Waals surface area contributed by atoms with Crippen LogP contribution in [0, 0.1) is 0 Å². The lowest BCUT2D eigenvalue weighted by molar-refractivity contribution is -0.118. The fourth-order valence-corrected chi connectivity index (χ4v) is 3.77. The first-order valence-corrected chi connectivity index (χ1v) is 10.0. The first-order valence-electron chi connectivity index (χ1n) is 9.13. The number of thiazole rings is 1. The zero-order valence-corrected chi connectivity index (χ0v) is 16.4. The number of ether oxygens (including phenoxy) is 1. The van der Waals surface area contributed by atoms with Crippen LogP contribution in [0.15, 0.2) is 81.6 Å². The van der Waals surface area contributed by atoms with Gasteiger partial charge in [-0.1, -0.05) is 12.1 Å². The van der Waals surface area contributed by atoms with Crippen molar-refractivity contribution in [2.24, 2.45) is 0 Å². The van der Waals surface area contributed by atoms with Gasteiger partial charge in [0.25, 0.3) is 5.91 Å². The van der Waals surface area contributed by atoms with Crippen molar-refractivity contribution in [1.82, 2.24) is 9.38 Å². The molecule has 30 heavy (non-hydrogen) atoms. The van der Waals surface area contributed by atoms with E-state index in [9.17, 15) is 9.59 Å². The van der Waals surface area contributed by atoms with Crippen molar-refractivity contribution in [3.05, 3.63) is 82.8 Å². The standard InChI is InChI=1S/C22H15N3O4S/c26-20(13-28-17-7-3-15-4-8-21(27)29-19(15)11-17)23-16-5-1-14(2-6-16)18-12-25-9-10-30-22(25)24-18/h1-12H,13H2,(H,23,26). The van der Waals surface area contributed by atoms with E-state index in [4.69, 9.17) is 9.15 Å². The molecular formula is C22H15N3O4S. The van der Waals surface area contributed by atoms with Crippen LogP contribution in [-0.2, 0) is 4.79 Å². The minimum Gasteiger partial charge on any atom is -0.484 e. The SMILES string of the molecule is O=C(COc1ccc2ccc(=O)oc2c1)Nc1ccc(-c2cn3ccsc3n2)cc1. The van der Waals surface area contributed by atoms with E-state index in [-0.39, 0.29) is 12.5 Å². The van der Waals surface area contributed by atoms with Crippen molar-refractivity contribution in [2.45, 2.75) is 0 Å². The number of amides is 1. The van der Waals surface area contributed by atoms with Gasteiger partial charge < -0.3 is 14.5 Å². The van der Waals surface area contributed by atoms with Crippen LogP contribution in [0.1, 0.15) is 0 Å². The van der Waals surface area contributed by atoms with Crippen LogP contribution in [0.3, 0.4) is 0 Å². The summed E-state index contributed by atoms with van der Waals surface area (Å²) in [5.74, 6) is 0.155. The first-order chi connectivity index (χ1) is 14.6. The molecule has 0 radical (unpaired) electrons. The molecular weight excluding hydrogens is 402 g/mol. The Balaban J connectivity index is 1.22. The Morgan fingerprint density at radius 2 is 1.97 bits per heavy atom. The smallest absolute Gasteiger partial charge is 0.336 e. The fraction of sp³-hybridized carbons (Fsp3) is 0.0455. The number of benzene rings is 2. The van der Waals surface area contributed by atoms with E-state index in [0.717, 1.165) is 21.6 Å². The molecule has 0 aliphatic carbocycles. The number of rotatable bonds is 5.